The second-order valence-electron chi connectivity index (χ2n) is 7.36. The first-order valence-corrected chi connectivity index (χ1v) is 9.75. The molecule has 0 saturated carbocycles. The maximum atomic E-state index is 13.2. The van der Waals surface area contributed by atoms with E-state index in [0.717, 1.165) is 12.3 Å². The third-order valence-corrected chi connectivity index (χ3v) is 5.47. The number of halogens is 3. The van der Waals surface area contributed by atoms with E-state index in [1.165, 1.54) is 24.7 Å². The summed E-state index contributed by atoms with van der Waals surface area (Å²) in [6.45, 7) is 0.844. The Bertz CT molecular complexity index is 1110. The van der Waals surface area contributed by atoms with Gasteiger partial charge in [-0.25, -0.2) is 0 Å². The summed E-state index contributed by atoms with van der Waals surface area (Å²) in [5.41, 5.74) is -0.0696. The quantitative estimate of drug-likeness (QED) is 0.625. The molecule has 0 bridgehead atoms. The highest BCUT2D eigenvalue weighted by molar-refractivity contribution is 5.97. The van der Waals surface area contributed by atoms with Gasteiger partial charge in [0, 0.05) is 25.2 Å². The van der Waals surface area contributed by atoms with Crippen molar-refractivity contribution in [1.82, 2.24) is 19.5 Å². The van der Waals surface area contributed by atoms with Crippen LogP contribution in [0.4, 0.5) is 13.2 Å². The number of hydrogen-bond acceptors (Lipinski definition) is 5. The van der Waals surface area contributed by atoms with E-state index in [-0.39, 0.29) is 11.8 Å². The summed E-state index contributed by atoms with van der Waals surface area (Å²) >= 11 is 0. The number of fused-ring (bicyclic) bond motifs is 1. The average Bonchev–Trinajstić information content (AvgIpc) is 3.21. The first-order valence-electron chi connectivity index (χ1n) is 9.75. The van der Waals surface area contributed by atoms with Gasteiger partial charge in [-0.05, 0) is 43.2 Å². The topological polar surface area (TPSA) is 69.0 Å². The highest BCUT2D eigenvalue weighted by Crippen LogP contribution is 2.32. The normalized spacial score (nSPS) is 17.1. The lowest BCUT2D eigenvalue weighted by atomic mass is 9.96. The van der Waals surface area contributed by atoms with Crippen molar-refractivity contribution >= 4 is 11.6 Å². The van der Waals surface area contributed by atoms with E-state index in [4.69, 9.17) is 9.47 Å². The molecule has 4 rings (SSSR count). The molecule has 10 heteroatoms. The molecule has 1 aromatic carbocycles. The molecule has 1 amide bonds. The van der Waals surface area contributed by atoms with Gasteiger partial charge >= 0.3 is 6.18 Å². The number of carbonyl (C=O) groups excluding carboxylic acids is 1. The molecule has 3 aromatic rings. The van der Waals surface area contributed by atoms with Crippen LogP contribution >= 0.6 is 0 Å². The number of pyridine rings is 1. The zero-order chi connectivity index (χ0) is 22.2. The molecule has 0 aliphatic carbocycles. The van der Waals surface area contributed by atoms with Crippen molar-refractivity contribution in [2.75, 3.05) is 27.3 Å². The van der Waals surface area contributed by atoms with Crippen LogP contribution in [0.1, 0.15) is 40.5 Å². The van der Waals surface area contributed by atoms with Crippen molar-refractivity contribution in [2.24, 2.45) is 0 Å². The maximum absolute atomic E-state index is 13.2. The van der Waals surface area contributed by atoms with Gasteiger partial charge in [0.1, 0.15) is 17.3 Å². The molecule has 1 aliphatic rings. The number of ether oxygens (including phenoxy) is 2. The molecule has 1 unspecified atom stereocenters. The van der Waals surface area contributed by atoms with Gasteiger partial charge in [0.15, 0.2) is 5.65 Å². The minimum Gasteiger partial charge on any atom is -0.497 e. The summed E-state index contributed by atoms with van der Waals surface area (Å²) in [5.74, 6) is 0.894. The van der Waals surface area contributed by atoms with Crippen molar-refractivity contribution in [3.8, 4) is 11.5 Å². The summed E-state index contributed by atoms with van der Waals surface area (Å²) in [5, 5.41) is 8.13. The Balaban J connectivity index is 1.63. The smallest absolute Gasteiger partial charge is 0.417 e. The second kappa shape index (κ2) is 8.09. The first-order chi connectivity index (χ1) is 14.8. The third-order valence-electron chi connectivity index (χ3n) is 5.47. The summed E-state index contributed by atoms with van der Waals surface area (Å²) in [7, 11) is 3.00. The van der Waals surface area contributed by atoms with Gasteiger partial charge in [0.25, 0.3) is 5.91 Å². The Labute approximate surface area is 176 Å². The van der Waals surface area contributed by atoms with Gasteiger partial charge in [-0.3, -0.25) is 9.20 Å². The number of methoxy groups -OCH3 is 2. The highest BCUT2D eigenvalue weighted by atomic mass is 19.4. The first kappa shape index (κ1) is 21.0. The minimum atomic E-state index is -4.47. The van der Waals surface area contributed by atoms with Crippen molar-refractivity contribution in [2.45, 2.75) is 24.9 Å². The van der Waals surface area contributed by atoms with Gasteiger partial charge in [0.05, 0.1) is 25.3 Å². The lowest BCUT2D eigenvalue weighted by Crippen LogP contribution is -2.39. The Hall–Kier alpha value is -3.30. The predicted molar refractivity (Wildman–Crippen MR) is 105 cm³/mol. The van der Waals surface area contributed by atoms with Crippen LogP contribution < -0.4 is 9.47 Å². The van der Waals surface area contributed by atoms with Gasteiger partial charge < -0.3 is 14.4 Å². The largest absolute Gasteiger partial charge is 0.497 e. The third kappa shape index (κ3) is 4.01. The lowest BCUT2D eigenvalue weighted by Gasteiger charge is -2.32. The van der Waals surface area contributed by atoms with Crippen LogP contribution in [0, 0.1) is 0 Å². The van der Waals surface area contributed by atoms with Crippen LogP contribution in [0.5, 0.6) is 11.5 Å². The molecule has 0 radical (unpaired) electrons. The zero-order valence-corrected chi connectivity index (χ0v) is 17.0. The Morgan fingerprint density at radius 2 is 1.94 bits per heavy atom. The molecule has 7 nitrogen and oxygen atoms in total. The van der Waals surface area contributed by atoms with E-state index in [1.54, 1.807) is 23.1 Å². The fourth-order valence-electron chi connectivity index (χ4n) is 3.88. The number of hydrogen-bond donors (Lipinski definition) is 0. The summed E-state index contributed by atoms with van der Waals surface area (Å²) in [6, 6.07) is 7.27. The van der Waals surface area contributed by atoms with Crippen LogP contribution in [-0.4, -0.2) is 52.7 Å². The van der Waals surface area contributed by atoms with Gasteiger partial charge in [-0.15, -0.1) is 10.2 Å². The molecular formula is C21H21F3N4O3. The van der Waals surface area contributed by atoms with Crippen LogP contribution in [0.15, 0.2) is 36.5 Å². The number of nitrogens with zero attached hydrogens (tertiary/aromatic N) is 4. The number of alkyl halides is 3. The molecule has 1 atom stereocenters. The number of aromatic nitrogens is 3. The monoisotopic (exact) mass is 434 g/mol. The summed E-state index contributed by atoms with van der Waals surface area (Å²) in [4.78, 5) is 14.9. The molecular weight excluding hydrogens is 413 g/mol. The van der Waals surface area contributed by atoms with E-state index < -0.39 is 11.7 Å². The van der Waals surface area contributed by atoms with Gasteiger partial charge in [-0.2, -0.15) is 13.2 Å². The Kier molecular flexibility index (Phi) is 5.47. The van der Waals surface area contributed by atoms with Crippen molar-refractivity contribution < 1.29 is 27.4 Å². The van der Waals surface area contributed by atoms with Crippen molar-refractivity contribution in [1.29, 1.82) is 0 Å². The highest BCUT2D eigenvalue weighted by Gasteiger charge is 2.33. The minimum absolute atomic E-state index is 0.231. The second-order valence-corrected chi connectivity index (χ2v) is 7.36. The standard InChI is InChI=1S/C21H21F3N4O3/c1-30-15-6-7-17(31-2)16(10-15)20(29)27-9-3-4-13(11-27)19-26-25-18-8-5-14(12-28(18)19)21(22,23)24/h5-8,10,12-13H,3-4,9,11H2,1-2H3. The zero-order valence-electron chi connectivity index (χ0n) is 17.0. The van der Waals surface area contributed by atoms with Crippen molar-refractivity contribution in [3.05, 3.63) is 53.5 Å². The van der Waals surface area contributed by atoms with Crippen LogP contribution in [0.25, 0.3) is 5.65 Å². The van der Waals surface area contributed by atoms with Crippen LogP contribution in [0.2, 0.25) is 0 Å². The maximum Gasteiger partial charge on any atom is 0.417 e. The molecule has 0 N–H and O–H groups in total. The summed E-state index contributed by atoms with van der Waals surface area (Å²) < 4.78 is 51.4. The number of likely N-dealkylation sites (tertiary alicyclic amines) is 1. The number of benzene rings is 1. The van der Waals surface area contributed by atoms with Crippen molar-refractivity contribution in [3.63, 3.8) is 0 Å². The van der Waals surface area contributed by atoms with E-state index in [1.807, 2.05) is 0 Å². The van der Waals surface area contributed by atoms with E-state index >= 15 is 0 Å². The molecule has 1 saturated heterocycles. The Morgan fingerprint density at radius 3 is 2.65 bits per heavy atom. The fraction of sp³-hybridized carbons (Fsp3) is 0.381. The molecule has 31 heavy (non-hydrogen) atoms. The molecule has 164 valence electrons. The molecule has 2 aromatic heterocycles. The van der Waals surface area contributed by atoms with Gasteiger partial charge in [-0.1, -0.05) is 0 Å². The Morgan fingerprint density at radius 1 is 1.13 bits per heavy atom. The molecule has 3 heterocycles. The SMILES string of the molecule is COc1ccc(OC)c(C(=O)N2CCCC(c3nnc4ccc(C(F)(F)F)cn34)C2)c1. The van der Waals surface area contributed by atoms with Gasteiger partial charge in [0.2, 0.25) is 0 Å². The molecule has 1 aliphatic heterocycles. The van der Waals surface area contributed by atoms with Crippen LogP contribution in [-0.2, 0) is 6.18 Å². The fourth-order valence-corrected chi connectivity index (χ4v) is 3.88. The van der Waals surface area contributed by atoms with E-state index in [9.17, 15) is 18.0 Å². The average molecular weight is 434 g/mol. The number of rotatable bonds is 4. The van der Waals surface area contributed by atoms with Crippen LogP contribution in [0.3, 0.4) is 0 Å². The predicted octanol–water partition coefficient (Wildman–Crippen LogP) is 3.79. The van der Waals surface area contributed by atoms with E-state index in [2.05, 4.69) is 10.2 Å². The number of carbonyl (C=O) groups is 1. The summed E-state index contributed by atoms with van der Waals surface area (Å²) in [6.07, 6.45) is -2.07. The lowest BCUT2D eigenvalue weighted by molar-refractivity contribution is -0.137. The van der Waals surface area contributed by atoms with E-state index in [0.29, 0.717) is 54.5 Å². The number of amides is 1. The molecule has 1 fully saturated rings. The number of piperidine rings is 1. The molecule has 0 spiro atoms.